The van der Waals surface area contributed by atoms with E-state index in [-0.39, 0.29) is 0 Å². The van der Waals surface area contributed by atoms with E-state index >= 15 is 0 Å². The Hall–Kier alpha value is -1.42. The topological polar surface area (TPSA) is 41.8 Å². The van der Waals surface area contributed by atoms with Gasteiger partial charge in [-0.15, -0.1) is 0 Å². The largest absolute Gasteiger partial charge is 0.472 e. The summed E-state index contributed by atoms with van der Waals surface area (Å²) in [6.45, 7) is 4.20. The highest BCUT2D eigenvalue weighted by molar-refractivity contribution is 7.71. The van der Waals surface area contributed by atoms with Gasteiger partial charge in [-0.2, -0.15) is 0 Å². The van der Waals surface area contributed by atoms with Crippen LogP contribution < -0.4 is 0 Å². The summed E-state index contributed by atoms with van der Waals surface area (Å²) in [5.74, 6) is 0.340. The molecule has 0 aliphatic carbocycles. The molecule has 0 bridgehead atoms. The Bertz CT molecular complexity index is 500. The molecule has 4 heteroatoms. The molecule has 2 heterocycles. The summed E-state index contributed by atoms with van der Waals surface area (Å²) < 4.78 is 5.72. The van der Waals surface area contributed by atoms with Gasteiger partial charge in [0.2, 0.25) is 0 Å². The Morgan fingerprint density at radius 1 is 1.47 bits per heavy atom. The number of H-pyrrole nitrogens is 1. The SMILES string of the molecule is CC(C)c1c(-c2ccoc2)[nH]cnc1=S. The number of aromatic amines is 1. The minimum absolute atomic E-state index is 0.340. The molecule has 0 saturated carbocycles. The predicted octanol–water partition coefficient (Wildman–Crippen LogP) is 3.52. The molecule has 0 unspecified atom stereocenters. The van der Waals surface area contributed by atoms with Crippen LogP contribution in [-0.2, 0) is 0 Å². The van der Waals surface area contributed by atoms with Crippen LogP contribution in [-0.4, -0.2) is 9.97 Å². The van der Waals surface area contributed by atoms with Crippen molar-refractivity contribution in [2.75, 3.05) is 0 Å². The monoisotopic (exact) mass is 220 g/mol. The van der Waals surface area contributed by atoms with Crippen molar-refractivity contribution >= 4 is 12.2 Å². The number of nitrogens with one attached hydrogen (secondary N) is 1. The molecule has 2 rings (SSSR count). The van der Waals surface area contributed by atoms with Crippen LogP contribution in [0.25, 0.3) is 11.3 Å². The van der Waals surface area contributed by atoms with Gasteiger partial charge in [-0.3, -0.25) is 0 Å². The highest BCUT2D eigenvalue weighted by Crippen LogP contribution is 2.27. The molecular weight excluding hydrogens is 208 g/mol. The maximum absolute atomic E-state index is 5.23. The van der Waals surface area contributed by atoms with Gasteiger partial charge in [0.1, 0.15) is 4.64 Å². The average Bonchev–Trinajstić information content (AvgIpc) is 2.69. The van der Waals surface area contributed by atoms with E-state index in [1.54, 1.807) is 18.9 Å². The van der Waals surface area contributed by atoms with Crippen LogP contribution in [0.4, 0.5) is 0 Å². The molecule has 0 aliphatic heterocycles. The van der Waals surface area contributed by atoms with Crippen LogP contribution in [0.5, 0.6) is 0 Å². The molecule has 1 N–H and O–H groups in total. The first-order chi connectivity index (χ1) is 7.20. The van der Waals surface area contributed by atoms with Crippen molar-refractivity contribution < 1.29 is 4.42 Å². The van der Waals surface area contributed by atoms with Gasteiger partial charge in [-0.25, -0.2) is 4.98 Å². The summed E-state index contributed by atoms with van der Waals surface area (Å²) >= 11 is 5.23. The molecule has 0 saturated heterocycles. The van der Waals surface area contributed by atoms with Crippen LogP contribution in [0.1, 0.15) is 25.3 Å². The van der Waals surface area contributed by atoms with Crippen molar-refractivity contribution in [3.63, 3.8) is 0 Å². The van der Waals surface area contributed by atoms with Crippen LogP contribution in [0.2, 0.25) is 0 Å². The zero-order valence-corrected chi connectivity index (χ0v) is 9.47. The molecule has 78 valence electrons. The van der Waals surface area contributed by atoms with Crippen LogP contribution in [0, 0.1) is 4.64 Å². The normalized spacial score (nSPS) is 10.9. The van der Waals surface area contributed by atoms with Gasteiger partial charge in [0, 0.05) is 11.1 Å². The number of rotatable bonds is 2. The lowest BCUT2D eigenvalue weighted by molar-refractivity contribution is 0.568. The smallest absolute Gasteiger partial charge is 0.133 e. The molecule has 0 aromatic carbocycles. The first-order valence-corrected chi connectivity index (χ1v) is 5.21. The molecule has 0 fully saturated rings. The third kappa shape index (κ3) is 1.85. The van der Waals surface area contributed by atoms with Crippen molar-refractivity contribution in [2.24, 2.45) is 0 Å². The number of aromatic nitrogens is 2. The van der Waals surface area contributed by atoms with Crippen molar-refractivity contribution in [1.82, 2.24) is 9.97 Å². The van der Waals surface area contributed by atoms with Gasteiger partial charge in [-0.1, -0.05) is 26.1 Å². The van der Waals surface area contributed by atoms with E-state index in [2.05, 4.69) is 23.8 Å². The average molecular weight is 220 g/mol. The third-order valence-electron chi connectivity index (χ3n) is 2.28. The summed E-state index contributed by atoms with van der Waals surface area (Å²) in [5.41, 5.74) is 3.07. The Labute approximate surface area is 93.2 Å². The molecule has 0 atom stereocenters. The highest BCUT2D eigenvalue weighted by atomic mass is 32.1. The molecular formula is C11H12N2OS. The molecule has 2 aromatic heterocycles. The van der Waals surface area contributed by atoms with E-state index in [1.807, 2.05) is 6.07 Å². The molecule has 0 aliphatic rings. The van der Waals surface area contributed by atoms with Crippen molar-refractivity contribution in [2.45, 2.75) is 19.8 Å². The minimum atomic E-state index is 0.340. The first kappa shape index (κ1) is 10.1. The molecule has 0 spiro atoms. The third-order valence-corrected chi connectivity index (χ3v) is 2.60. The fourth-order valence-corrected chi connectivity index (χ4v) is 1.98. The lowest BCUT2D eigenvalue weighted by Crippen LogP contribution is -1.97. The lowest BCUT2D eigenvalue weighted by atomic mass is 10.0. The molecule has 15 heavy (non-hydrogen) atoms. The second kappa shape index (κ2) is 3.98. The van der Waals surface area contributed by atoms with Crippen LogP contribution >= 0.6 is 12.2 Å². The van der Waals surface area contributed by atoms with Crippen molar-refractivity contribution in [3.8, 4) is 11.3 Å². The second-order valence-corrected chi connectivity index (χ2v) is 4.05. The van der Waals surface area contributed by atoms with Crippen molar-refractivity contribution in [1.29, 1.82) is 0 Å². The quantitative estimate of drug-likeness (QED) is 0.787. The zero-order chi connectivity index (χ0) is 10.8. The first-order valence-electron chi connectivity index (χ1n) is 4.80. The van der Waals surface area contributed by atoms with E-state index in [1.165, 1.54) is 0 Å². The van der Waals surface area contributed by atoms with Gasteiger partial charge in [0.15, 0.2) is 0 Å². The molecule has 0 radical (unpaired) electrons. The second-order valence-electron chi connectivity index (χ2n) is 3.66. The fraction of sp³-hybridized carbons (Fsp3) is 0.273. The van der Waals surface area contributed by atoms with Crippen molar-refractivity contribution in [3.05, 3.63) is 35.1 Å². The molecule has 3 nitrogen and oxygen atoms in total. The van der Waals surface area contributed by atoms with E-state index in [0.717, 1.165) is 16.8 Å². The van der Waals surface area contributed by atoms with Crippen LogP contribution in [0.3, 0.4) is 0 Å². The molecule has 2 aromatic rings. The van der Waals surface area contributed by atoms with Crippen LogP contribution in [0.15, 0.2) is 29.3 Å². The van der Waals surface area contributed by atoms with E-state index in [4.69, 9.17) is 16.6 Å². The summed E-state index contributed by atoms with van der Waals surface area (Å²) in [7, 11) is 0. The number of hydrogen-bond acceptors (Lipinski definition) is 3. The van der Waals surface area contributed by atoms with Gasteiger partial charge in [0.05, 0.1) is 24.5 Å². The maximum Gasteiger partial charge on any atom is 0.133 e. The van der Waals surface area contributed by atoms with Gasteiger partial charge >= 0.3 is 0 Å². The van der Waals surface area contributed by atoms with E-state index in [9.17, 15) is 0 Å². The molecule has 0 amide bonds. The highest BCUT2D eigenvalue weighted by Gasteiger charge is 2.12. The minimum Gasteiger partial charge on any atom is -0.472 e. The Kier molecular flexibility index (Phi) is 2.68. The lowest BCUT2D eigenvalue weighted by Gasteiger charge is -2.10. The Morgan fingerprint density at radius 3 is 2.87 bits per heavy atom. The summed E-state index contributed by atoms with van der Waals surface area (Å²) in [4.78, 5) is 7.22. The fourth-order valence-electron chi connectivity index (χ4n) is 1.59. The van der Waals surface area contributed by atoms with E-state index < -0.39 is 0 Å². The Balaban J connectivity index is 2.67. The number of nitrogens with zero attached hydrogens (tertiary/aromatic N) is 1. The number of hydrogen-bond donors (Lipinski definition) is 1. The van der Waals surface area contributed by atoms with Gasteiger partial charge in [-0.05, 0) is 12.0 Å². The maximum atomic E-state index is 5.23. The van der Waals surface area contributed by atoms with Gasteiger partial charge in [0.25, 0.3) is 0 Å². The van der Waals surface area contributed by atoms with Gasteiger partial charge < -0.3 is 9.40 Å². The summed E-state index contributed by atoms with van der Waals surface area (Å²) in [6, 6.07) is 1.91. The Morgan fingerprint density at radius 2 is 2.27 bits per heavy atom. The zero-order valence-electron chi connectivity index (χ0n) is 8.65. The number of furan rings is 1. The predicted molar refractivity (Wildman–Crippen MR) is 61.2 cm³/mol. The van der Waals surface area contributed by atoms with E-state index in [0.29, 0.717) is 10.6 Å². The summed E-state index contributed by atoms with van der Waals surface area (Å²) in [6.07, 6.45) is 4.97. The summed E-state index contributed by atoms with van der Waals surface area (Å²) in [5, 5.41) is 0. The standard InChI is InChI=1S/C11H12N2OS/c1-7(2)9-10(8-3-4-14-5-8)12-6-13-11(9)15/h3-7H,1-2H3,(H,12,13,15).